The van der Waals surface area contributed by atoms with E-state index in [9.17, 15) is 8.78 Å². The van der Waals surface area contributed by atoms with Gasteiger partial charge in [-0.3, -0.25) is 8.78 Å². The van der Waals surface area contributed by atoms with E-state index in [1.54, 1.807) is 0 Å². The highest BCUT2D eigenvalue weighted by atomic mass is 19.1. The minimum atomic E-state index is -0.232. The summed E-state index contributed by atoms with van der Waals surface area (Å²) in [6.45, 7) is -0.398. The quantitative estimate of drug-likeness (QED) is 0.608. The molecule has 1 fully saturated rings. The number of benzene rings is 1. The Labute approximate surface area is 121 Å². The Bertz CT molecular complexity index is 364. The maximum Gasteiger partial charge on any atom is 0.0897 e. The lowest BCUT2D eigenvalue weighted by atomic mass is 9.77. The number of hydrogen-bond donors (Lipinski definition) is 0. The minimum Gasteiger partial charge on any atom is -0.251 e. The highest BCUT2D eigenvalue weighted by Crippen LogP contribution is 2.37. The van der Waals surface area contributed by atoms with E-state index >= 15 is 0 Å². The van der Waals surface area contributed by atoms with E-state index in [4.69, 9.17) is 0 Å². The van der Waals surface area contributed by atoms with Crippen molar-refractivity contribution in [3.8, 4) is 0 Å². The van der Waals surface area contributed by atoms with E-state index in [1.807, 2.05) is 0 Å². The molecule has 0 bridgehead atoms. The normalized spacial score (nSPS) is 22.9. The summed E-state index contributed by atoms with van der Waals surface area (Å²) in [5, 5.41) is 0. The molecule has 1 aliphatic carbocycles. The SMILES string of the molecule is FCCCc1ccc(C2CCC(CCCF)CC2)cc1. The molecular formula is C18H26F2. The molecule has 2 heteroatoms. The molecule has 2 rings (SSSR count). The minimum absolute atomic E-state index is 0.166. The van der Waals surface area contributed by atoms with Crippen molar-refractivity contribution in [3.63, 3.8) is 0 Å². The number of hydrogen-bond acceptors (Lipinski definition) is 0. The number of halogens is 2. The highest BCUT2D eigenvalue weighted by molar-refractivity contribution is 5.25. The van der Waals surface area contributed by atoms with Gasteiger partial charge >= 0.3 is 0 Å². The van der Waals surface area contributed by atoms with Gasteiger partial charge < -0.3 is 0 Å². The predicted octanol–water partition coefficient (Wildman–Crippen LogP) is 5.61. The fourth-order valence-electron chi connectivity index (χ4n) is 3.38. The fourth-order valence-corrected chi connectivity index (χ4v) is 3.38. The van der Waals surface area contributed by atoms with Crippen LogP contribution in [0.25, 0.3) is 0 Å². The van der Waals surface area contributed by atoms with E-state index in [-0.39, 0.29) is 13.3 Å². The van der Waals surface area contributed by atoms with Crippen LogP contribution >= 0.6 is 0 Å². The molecule has 112 valence electrons. The van der Waals surface area contributed by atoms with Crippen molar-refractivity contribution >= 4 is 0 Å². The zero-order valence-corrected chi connectivity index (χ0v) is 12.3. The van der Waals surface area contributed by atoms with Crippen LogP contribution in [0.5, 0.6) is 0 Å². The van der Waals surface area contributed by atoms with E-state index < -0.39 is 0 Å². The standard InChI is InChI=1S/C18H26F2/c19-13-1-3-15-5-9-17(10-6-15)18-11-7-16(8-12-18)4-2-14-20/h5-6,9-10,16,18H,1-4,7-8,11-14H2. The highest BCUT2D eigenvalue weighted by Gasteiger charge is 2.21. The third kappa shape index (κ3) is 4.57. The molecule has 0 aliphatic heterocycles. The lowest BCUT2D eigenvalue weighted by Gasteiger charge is -2.28. The molecule has 0 nitrogen and oxygen atoms in total. The van der Waals surface area contributed by atoms with Crippen molar-refractivity contribution in [1.29, 1.82) is 0 Å². The van der Waals surface area contributed by atoms with Gasteiger partial charge in [0.05, 0.1) is 13.3 Å². The molecule has 0 saturated heterocycles. The molecule has 0 unspecified atom stereocenters. The Morgan fingerprint density at radius 2 is 1.50 bits per heavy atom. The molecule has 0 N–H and O–H groups in total. The monoisotopic (exact) mass is 280 g/mol. The molecule has 0 atom stereocenters. The van der Waals surface area contributed by atoms with Crippen LogP contribution in [0.1, 0.15) is 62.0 Å². The van der Waals surface area contributed by atoms with Crippen molar-refractivity contribution in [2.45, 2.75) is 57.3 Å². The predicted molar refractivity (Wildman–Crippen MR) is 80.6 cm³/mol. The molecular weight excluding hydrogens is 254 g/mol. The molecule has 0 amide bonds. The Balaban J connectivity index is 1.81. The summed E-state index contributed by atoms with van der Waals surface area (Å²) in [6, 6.07) is 8.75. The van der Waals surface area contributed by atoms with Crippen LogP contribution in [-0.2, 0) is 6.42 Å². The fraction of sp³-hybridized carbons (Fsp3) is 0.667. The summed E-state index contributed by atoms with van der Waals surface area (Å²) in [7, 11) is 0. The van der Waals surface area contributed by atoms with Crippen LogP contribution in [0, 0.1) is 5.92 Å². The van der Waals surface area contributed by atoms with Gasteiger partial charge in [0.2, 0.25) is 0 Å². The molecule has 0 spiro atoms. The Kier molecular flexibility index (Phi) is 6.49. The van der Waals surface area contributed by atoms with Crippen molar-refractivity contribution in [3.05, 3.63) is 35.4 Å². The van der Waals surface area contributed by atoms with E-state index in [2.05, 4.69) is 24.3 Å². The molecule has 0 aromatic heterocycles. The van der Waals surface area contributed by atoms with Crippen molar-refractivity contribution in [1.82, 2.24) is 0 Å². The molecule has 0 heterocycles. The first-order valence-corrected chi connectivity index (χ1v) is 8.04. The maximum atomic E-state index is 12.2. The van der Waals surface area contributed by atoms with Gasteiger partial charge in [0.1, 0.15) is 0 Å². The van der Waals surface area contributed by atoms with Gasteiger partial charge in [0.25, 0.3) is 0 Å². The van der Waals surface area contributed by atoms with Crippen molar-refractivity contribution in [2.24, 2.45) is 5.92 Å². The van der Waals surface area contributed by atoms with Crippen LogP contribution in [0.2, 0.25) is 0 Å². The Morgan fingerprint density at radius 1 is 0.850 bits per heavy atom. The van der Waals surface area contributed by atoms with Gasteiger partial charge in [-0.2, -0.15) is 0 Å². The maximum absolute atomic E-state index is 12.2. The van der Waals surface area contributed by atoms with Gasteiger partial charge in [-0.25, -0.2) is 0 Å². The van der Waals surface area contributed by atoms with Crippen molar-refractivity contribution < 1.29 is 8.78 Å². The Morgan fingerprint density at radius 3 is 2.10 bits per heavy atom. The average molecular weight is 280 g/mol. The second-order valence-electron chi connectivity index (χ2n) is 6.08. The van der Waals surface area contributed by atoms with Crippen LogP contribution < -0.4 is 0 Å². The molecule has 0 radical (unpaired) electrons. The second-order valence-corrected chi connectivity index (χ2v) is 6.08. The van der Waals surface area contributed by atoms with E-state index in [1.165, 1.54) is 36.8 Å². The molecule has 1 aromatic rings. The summed E-state index contributed by atoms with van der Waals surface area (Å²) in [5.41, 5.74) is 2.67. The summed E-state index contributed by atoms with van der Waals surface area (Å²) in [4.78, 5) is 0. The van der Waals surface area contributed by atoms with E-state index in [0.717, 1.165) is 25.2 Å². The molecule has 1 saturated carbocycles. The topological polar surface area (TPSA) is 0 Å². The first-order valence-electron chi connectivity index (χ1n) is 8.04. The van der Waals surface area contributed by atoms with Gasteiger partial charge in [-0.05, 0) is 74.3 Å². The van der Waals surface area contributed by atoms with Gasteiger partial charge in [0.15, 0.2) is 0 Å². The molecule has 20 heavy (non-hydrogen) atoms. The number of alkyl halides is 2. The summed E-state index contributed by atoms with van der Waals surface area (Å²) < 4.78 is 24.3. The van der Waals surface area contributed by atoms with Crippen molar-refractivity contribution in [2.75, 3.05) is 13.3 Å². The van der Waals surface area contributed by atoms with Crippen LogP contribution in [0.4, 0.5) is 8.78 Å². The van der Waals surface area contributed by atoms with Crippen LogP contribution in [-0.4, -0.2) is 13.3 Å². The second kappa shape index (κ2) is 8.39. The Hall–Kier alpha value is -0.920. The summed E-state index contributed by atoms with van der Waals surface area (Å²) >= 11 is 0. The molecule has 1 aromatic carbocycles. The van der Waals surface area contributed by atoms with Gasteiger partial charge in [-0.15, -0.1) is 0 Å². The third-order valence-corrected chi connectivity index (χ3v) is 4.64. The third-order valence-electron chi connectivity index (χ3n) is 4.64. The van der Waals surface area contributed by atoms with Crippen LogP contribution in [0.15, 0.2) is 24.3 Å². The average Bonchev–Trinajstić information content (AvgIpc) is 2.52. The first-order chi connectivity index (χ1) is 9.83. The largest absolute Gasteiger partial charge is 0.251 e. The molecule has 1 aliphatic rings. The first kappa shape index (κ1) is 15.5. The van der Waals surface area contributed by atoms with Crippen LogP contribution in [0.3, 0.4) is 0 Å². The van der Waals surface area contributed by atoms with E-state index in [0.29, 0.717) is 12.3 Å². The smallest absolute Gasteiger partial charge is 0.0897 e. The number of rotatable bonds is 7. The van der Waals surface area contributed by atoms with Gasteiger partial charge in [0, 0.05) is 0 Å². The van der Waals surface area contributed by atoms with Gasteiger partial charge in [-0.1, -0.05) is 24.3 Å². The summed E-state index contributed by atoms with van der Waals surface area (Å²) in [5.74, 6) is 1.41. The summed E-state index contributed by atoms with van der Waals surface area (Å²) in [6.07, 6.45) is 8.22. The zero-order valence-electron chi connectivity index (χ0n) is 12.3. The lowest BCUT2D eigenvalue weighted by Crippen LogP contribution is -2.13. The number of aryl methyl sites for hydroxylation is 1. The zero-order chi connectivity index (χ0) is 14.2. The lowest BCUT2D eigenvalue weighted by molar-refractivity contribution is 0.293.